The van der Waals surface area contributed by atoms with Crippen molar-refractivity contribution in [1.82, 2.24) is 0 Å². The van der Waals surface area contributed by atoms with E-state index in [1.54, 1.807) is 13.0 Å². The van der Waals surface area contributed by atoms with Crippen molar-refractivity contribution in [2.45, 2.75) is 20.8 Å². The Kier molecular flexibility index (Phi) is 4.57. The highest BCUT2D eigenvalue weighted by Crippen LogP contribution is 2.28. The SMILES string of the molecule is Cc1ccc(NC(=O)COc2ccc3c(C)cc(=O)oc3c2C)cc1. The molecule has 0 saturated carbocycles. The van der Waals surface area contributed by atoms with Crippen LogP contribution in [0.5, 0.6) is 5.75 Å². The molecule has 0 atom stereocenters. The highest BCUT2D eigenvalue weighted by atomic mass is 16.5. The number of carbonyl (C=O) groups is 1. The van der Waals surface area contributed by atoms with Gasteiger partial charge in [0, 0.05) is 22.7 Å². The topological polar surface area (TPSA) is 68.5 Å². The molecule has 25 heavy (non-hydrogen) atoms. The van der Waals surface area contributed by atoms with E-state index in [1.807, 2.05) is 44.2 Å². The fraction of sp³-hybridized carbons (Fsp3) is 0.200. The number of amides is 1. The van der Waals surface area contributed by atoms with Gasteiger partial charge in [0.15, 0.2) is 6.61 Å². The van der Waals surface area contributed by atoms with Crippen LogP contribution in [0.2, 0.25) is 0 Å². The standard InChI is InChI=1S/C20H19NO4/c1-12-4-6-15(7-5-12)21-18(22)11-24-17-9-8-16-13(2)10-19(23)25-20(16)14(17)3/h4-10H,11H2,1-3H3,(H,21,22). The molecule has 0 spiro atoms. The smallest absolute Gasteiger partial charge is 0.336 e. The molecule has 0 bridgehead atoms. The summed E-state index contributed by atoms with van der Waals surface area (Å²) >= 11 is 0. The Hall–Kier alpha value is -3.08. The Balaban J connectivity index is 1.74. The predicted octanol–water partition coefficient (Wildman–Crippen LogP) is 3.74. The third-order valence-electron chi connectivity index (χ3n) is 4.01. The highest BCUT2D eigenvalue weighted by Gasteiger charge is 2.11. The van der Waals surface area contributed by atoms with Crippen LogP contribution < -0.4 is 15.7 Å². The van der Waals surface area contributed by atoms with Crippen molar-refractivity contribution in [3.05, 3.63) is 69.6 Å². The summed E-state index contributed by atoms with van der Waals surface area (Å²) in [5.41, 5.74) is 3.47. The number of hydrogen-bond acceptors (Lipinski definition) is 4. The first-order chi connectivity index (χ1) is 11.9. The molecule has 0 unspecified atom stereocenters. The number of fused-ring (bicyclic) bond motifs is 1. The van der Waals surface area contributed by atoms with Crippen LogP contribution in [-0.4, -0.2) is 12.5 Å². The van der Waals surface area contributed by atoms with Crippen molar-refractivity contribution in [2.24, 2.45) is 0 Å². The number of aryl methyl sites for hydroxylation is 3. The Labute approximate surface area is 145 Å². The van der Waals surface area contributed by atoms with E-state index < -0.39 is 5.63 Å². The van der Waals surface area contributed by atoms with Gasteiger partial charge < -0.3 is 14.5 Å². The van der Waals surface area contributed by atoms with Gasteiger partial charge in [-0.3, -0.25) is 4.79 Å². The first kappa shape index (κ1) is 16.8. The summed E-state index contributed by atoms with van der Waals surface area (Å²) < 4.78 is 10.9. The monoisotopic (exact) mass is 337 g/mol. The Morgan fingerprint density at radius 3 is 2.52 bits per heavy atom. The van der Waals surface area contributed by atoms with E-state index in [1.165, 1.54) is 6.07 Å². The van der Waals surface area contributed by atoms with Crippen LogP contribution in [0.1, 0.15) is 16.7 Å². The lowest BCUT2D eigenvalue weighted by molar-refractivity contribution is -0.118. The van der Waals surface area contributed by atoms with Gasteiger partial charge in [-0.1, -0.05) is 17.7 Å². The largest absolute Gasteiger partial charge is 0.483 e. The molecule has 5 nitrogen and oxygen atoms in total. The van der Waals surface area contributed by atoms with E-state index in [2.05, 4.69) is 5.32 Å². The van der Waals surface area contributed by atoms with Gasteiger partial charge in [0.05, 0.1) is 0 Å². The summed E-state index contributed by atoms with van der Waals surface area (Å²) in [4.78, 5) is 23.6. The third kappa shape index (κ3) is 3.71. The molecule has 1 N–H and O–H groups in total. The van der Waals surface area contributed by atoms with E-state index in [9.17, 15) is 9.59 Å². The number of anilines is 1. The maximum absolute atomic E-state index is 12.0. The molecule has 2 aromatic carbocycles. The van der Waals surface area contributed by atoms with Crippen molar-refractivity contribution >= 4 is 22.6 Å². The molecular weight excluding hydrogens is 318 g/mol. The molecule has 1 amide bonds. The number of carbonyl (C=O) groups excluding carboxylic acids is 1. The molecule has 1 aromatic heterocycles. The maximum Gasteiger partial charge on any atom is 0.336 e. The molecule has 0 fully saturated rings. The zero-order chi connectivity index (χ0) is 18.0. The average Bonchev–Trinajstić information content (AvgIpc) is 2.57. The molecule has 1 heterocycles. The maximum atomic E-state index is 12.0. The minimum absolute atomic E-state index is 0.129. The summed E-state index contributed by atoms with van der Waals surface area (Å²) in [5, 5.41) is 3.63. The van der Waals surface area contributed by atoms with Gasteiger partial charge in [-0.2, -0.15) is 0 Å². The Morgan fingerprint density at radius 1 is 1.08 bits per heavy atom. The van der Waals surface area contributed by atoms with E-state index in [4.69, 9.17) is 9.15 Å². The van der Waals surface area contributed by atoms with Crippen molar-refractivity contribution in [1.29, 1.82) is 0 Å². The van der Waals surface area contributed by atoms with E-state index in [-0.39, 0.29) is 12.5 Å². The van der Waals surface area contributed by atoms with Crippen LogP contribution >= 0.6 is 0 Å². The lowest BCUT2D eigenvalue weighted by atomic mass is 10.1. The van der Waals surface area contributed by atoms with Crippen molar-refractivity contribution in [2.75, 3.05) is 11.9 Å². The summed E-state index contributed by atoms with van der Waals surface area (Å²) in [6.07, 6.45) is 0. The predicted molar refractivity (Wildman–Crippen MR) is 97.3 cm³/mol. The fourth-order valence-electron chi connectivity index (χ4n) is 2.63. The number of hydrogen-bond donors (Lipinski definition) is 1. The van der Waals surface area contributed by atoms with Crippen molar-refractivity contribution in [3.8, 4) is 5.75 Å². The van der Waals surface area contributed by atoms with Gasteiger partial charge in [-0.05, 0) is 50.6 Å². The molecule has 3 aromatic rings. The molecule has 0 radical (unpaired) electrons. The highest BCUT2D eigenvalue weighted by molar-refractivity contribution is 5.92. The minimum Gasteiger partial charge on any atom is -0.483 e. The van der Waals surface area contributed by atoms with Crippen LogP contribution in [0.15, 0.2) is 51.7 Å². The lowest BCUT2D eigenvalue weighted by Gasteiger charge is -2.11. The number of rotatable bonds is 4. The molecule has 5 heteroatoms. The van der Waals surface area contributed by atoms with Gasteiger partial charge in [-0.25, -0.2) is 4.79 Å². The van der Waals surface area contributed by atoms with Gasteiger partial charge in [0.2, 0.25) is 0 Å². The molecule has 128 valence electrons. The fourth-order valence-corrected chi connectivity index (χ4v) is 2.63. The molecule has 3 rings (SSSR count). The van der Waals surface area contributed by atoms with Crippen LogP contribution in [0, 0.1) is 20.8 Å². The summed E-state index contributed by atoms with van der Waals surface area (Å²) in [6, 6.07) is 12.6. The Morgan fingerprint density at radius 2 is 1.80 bits per heavy atom. The average molecular weight is 337 g/mol. The summed E-state index contributed by atoms with van der Waals surface area (Å²) in [7, 11) is 0. The zero-order valence-corrected chi connectivity index (χ0v) is 14.4. The number of ether oxygens (including phenoxy) is 1. The first-order valence-corrected chi connectivity index (χ1v) is 7.97. The second-order valence-electron chi connectivity index (χ2n) is 6.02. The van der Waals surface area contributed by atoms with Gasteiger partial charge in [-0.15, -0.1) is 0 Å². The second-order valence-corrected chi connectivity index (χ2v) is 6.02. The Bertz CT molecular complexity index is 987. The number of benzene rings is 2. The van der Waals surface area contributed by atoms with Crippen molar-refractivity contribution < 1.29 is 13.9 Å². The molecular formula is C20H19NO4. The van der Waals surface area contributed by atoms with Crippen LogP contribution in [0.25, 0.3) is 11.0 Å². The van der Waals surface area contributed by atoms with Crippen LogP contribution in [0.3, 0.4) is 0 Å². The second kappa shape index (κ2) is 6.81. The van der Waals surface area contributed by atoms with Gasteiger partial charge in [0.25, 0.3) is 5.91 Å². The summed E-state index contributed by atoms with van der Waals surface area (Å²) in [6.45, 7) is 5.51. The zero-order valence-electron chi connectivity index (χ0n) is 14.4. The van der Waals surface area contributed by atoms with Crippen LogP contribution in [-0.2, 0) is 4.79 Å². The first-order valence-electron chi connectivity index (χ1n) is 7.97. The molecule has 0 saturated heterocycles. The molecule has 0 aliphatic heterocycles. The lowest BCUT2D eigenvalue weighted by Crippen LogP contribution is -2.20. The minimum atomic E-state index is -0.401. The number of nitrogens with one attached hydrogen (secondary N) is 1. The normalized spacial score (nSPS) is 10.7. The van der Waals surface area contributed by atoms with Gasteiger partial charge >= 0.3 is 5.63 Å². The molecule has 0 aliphatic rings. The quantitative estimate of drug-likeness (QED) is 0.737. The molecule has 0 aliphatic carbocycles. The van der Waals surface area contributed by atoms with E-state index >= 15 is 0 Å². The van der Waals surface area contributed by atoms with E-state index in [0.717, 1.165) is 22.2 Å². The third-order valence-corrected chi connectivity index (χ3v) is 4.01. The van der Waals surface area contributed by atoms with Crippen molar-refractivity contribution in [3.63, 3.8) is 0 Å². The summed E-state index contributed by atoms with van der Waals surface area (Å²) in [5.74, 6) is 0.259. The van der Waals surface area contributed by atoms with Gasteiger partial charge in [0.1, 0.15) is 11.3 Å². The van der Waals surface area contributed by atoms with E-state index in [0.29, 0.717) is 16.9 Å². The van der Waals surface area contributed by atoms with Crippen LogP contribution in [0.4, 0.5) is 5.69 Å².